The van der Waals surface area contributed by atoms with Gasteiger partial charge in [0.25, 0.3) is 0 Å². The molecule has 5 nitrogen and oxygen atoms in total. The number of aryl methyl sites for hydroxylation is 2. The standard InChI is InChI=1S/C18H28N2O3/c1-14-9-15(2)11-17(10-14)23-13-16(21)12-19(3)7-8-20-6-4-5-18(20)22/h9-11,16,21H,4-8,12-13H2,1-3H3. The summed E-state index contributed by atoms with van der Waals surface area (Å²) in [5, 5.41) is 10.1. The molecule has 23 heavy (non-hydrogen) atoms. The summed E-state index contributed by atoms with van der Waals surface area (Å²) in [7, 11) is 1.96. The van der Waals surface area contributed by atoms with E-state index in [0.29, 0.717) is 13.0 Å². The normalized spacial score (nSPS) is 16.2. The van der Waals surface area contributed by atoms with Crippen LogP contribution in [0, 0.1) is 13.8 Å². The van der Waals surface area contributed by atoms with Gasteiger partial charge in [0.15, 0.2) is 0 Å². The number of amides is 1. The van der Waals surface area contributed by atoms with Crippen molar-refractivity contribution in [2.45, 2.75) is 32.8 Å². The van der Waals surface area contributed by atoms with Gasteiger partial charge in [-0.1, -0.05) is 6.07 Å². The van der Waals surface area contributed by atoms with Gasteiger partial charge in [0.2, 0.25) is 5.91 Å². The Hall–Kier alpha value is -1.59. The van der Waals surface area contributed by atoms with Crippen molar-refractivity contribution in [1.82, 2.24) is 9.80 Å². The monoisotopic (exact) mass is 320 g/mol. The average molecular weight is 320 g/mol. The third kappa shape index (κ3) is 5.84. The second-order valence-corrected chi connectivity index (χ2v) is 6.53. The van der Waals surface area contributed by atoms with E-state index >= 15 is 0 Å². The summed E-state index contributed by atoms with van der Waals surface area (Å²) in [5.41, 5.74) is 2.31. The van der Waals surface area contributed by atoms with Crippen molar-refractivity contribution >= 4 is 5.91 Å². The van der Waals surface area contributed by atoms with Crippen LogP contribution in [0.1, 0.15) is 24.0 Å². The first-order chi connectivity index (χ1) is 10.9. The van der Waals surface area contributed by atoms with Gasteiger partial charge in [0.05, 0.1) is 0 Å². The highest BCUT2D eigenvalue weighted by Gasteiger charge is 2.20. The van der Waals surface area contributed by atoms with Crippen molar-refractivity contribution in [2.75, 3.05) is 39.8 Å². The summed E-state index contributed by atoms with van der Waals surface area (Å²) in [5.74, 6) is 1.05. The zero-order chi connectivity index (χ0) is 16.8. The summed E-state index contributed by atoms with van der Waals surface area (Å²) >= 11 is 0. The highest BCUT2D eigenvalue weighted by molar-refractivity contribution is 5.78. The number of likely N-dealkylation sites (tertiary alicyclic amines) is 1. The van der Waals surface area contributed by atoms with Crippen molar-refractivity contribution in [3.63, 3.8) is 0 Å². The predicted molar refractivity (Wildman–Crippen MR) is 90.7 cm³/mol. The van der Waals surface area contributed by atoms with E-state index in [4.69, 9.17) is 4.74 Å². The average Bonchev–Trinajstić information content (AvgIpc) is 2.87. The molecule has 0 saturated carbocycles. The van der Waals surface area contributed by atoms with E-state index in [9.17, 15) is 9.90 Å². The smallest absolute Gasteiger partial charge is 0.222 e. The Labute approximate surface area is 138 Å². The van der Waals surface area contributed by atoms with E-state index in [-0.39, 0.29) is 12.5 Å². The third-order valence-electron chi connectivity index (χ3n) is 4.08. The van der Waals surface area contributed by atoms with Crippen LogP contribution in [0.25, 0.3) is 0 Å². The zero-order valence-electron chi connectivity index (χ0n) is 14.4. The Balaban J connectivity index is 1.69. The van der Waals surface area contributed by atoms with Crippen LogP contribution < -0.4 is 4.74 Å². The highest BCUT2D eigenvalue weighted by atomic mass is 16.5. The minimum absolute atomic E-state index is 0.247. The van der Waals surface area contributed by atoms with Gasteiger partial charge in [-0.05, 0) is 50.6 Å². The fraction of sp³-hybridized carbons (Fsp3) is 0.611. The molecule has 0 bridgehead atoms. The lowest BCUT2D eigenvalue weighted by Crippen LogP contribution is -2.38. The molecular formula is C18H28N2O3. The lowest BCUT2D eigenvalue weighted by molar-refractivity contribution is -0.127. The number of rotatable bonds is 8. The molecular weight excluding hydrogens is 292 g/mol. The van der Waals surface area contributed by atoms with Gasteiger partial charge in [0.1, 0.15) is 18.5 Å². The van der Waals surface area contributed by atoms with Crippen LogP contribution >= 0.6 is 0 Å². The largest absolute Gasteiger partial charge is 0.491 e. The van der Waals surface area contributed by atoms with Crippen LogP contribution in [0.4, 0.5) is 0 Å². The highest BCUT2D eigenvalue weighted by Crippen LogP contribution is 2.16. The number of nitrogens with zero attached hydrogens (tertiary/aromatic N) is 2. The third-order valence-corrected chi connectivity index (χ3v) is 4.08. The molecule has 1 aliphatic rings. The van der Waals surface area contributed by atoms with Gasteiger partial charge in [-0.15, -0.1) is 0 Å². The number of benzene rings is 1. The maximum Gasteiger partial charge on any atom is 0.222 e. The number of hydrogen-bond donors (Lipinski definition) is 1. The molecule has 1 saturated heterocycles. The number of ether oxygens (including phenoxy) is 1. The number of likely N-dealkylation sites (N-methyl/N-ethyl adjacent to an activating group) is 1. The van der Waals surface area contributed by atoms with Crippen molar-refractivity contribution in [1.29, 1.82) is 0 Å². The van der Waals surface area contributed by atoms with Crippen molar-refractivity contribution in [3.05, 3.63) is 29.3 Å². The van der Waals surface area contributed by atoms with Gasteiger partial charge < -0.3 is 19.6 Å². The molecule has 1 heterocycles. The molecule has 0 aromatic heterocycles. The Morgan fingerprint density at radius 1 is 1.30 bits per heavy atom. The van der Waals surface area contributed by atoms with Crippen LogP contribution in [0.2, 0.25) is 0 Å². The van der Waals surface area contributed by atoms with E-state index in [0.717, 1.165) is 42.9 Å². The molecule has 0 aliphatic carbocycles. The molecule has 1 aliphatic heterocycles. The second kappa shape index (κ2) is 8.31. The van der Waals surface area contributed by atoms with Gasteiger partial charge >= 0.3 is 0 Å². The molecule has 1 aromatic carbocycles. The number of aliphatic hydroxyl groups excluding tert-OH is 1. The molecule has 0 spiro atoms. The molecule has 2 rings (SSSR count). The van der Waals surface area contributed by atoms with Crippen LogP contribution in [0.15, 0.2) is 18.2 Å². The Morgan fingerprint density at radius 2 is 2.00 bits per heavy atom. The van der Waals surface area contributed by atoms with Crippen molar-refractivity contribution < 1.29 is 14.6 Å². The Kier molecular flexibility index (Phi) is 6.42. The summed E-state index contributed by atoms with van der Waals surface area (Å²) in [6.07, 6.45) is 1.10. The SMILES string of the molecule is Cc1cc(C)cc(OCC(O)CN(C)CCN2CCCC2=O)c1. The summed E-state index contributed by atoms with van der Waals surface area (Å²) in [4.78, 5) is 15.5. The maximum absolute atomic E-state index is 11.6. The maximum atomic E-state index is 11.6. The number of carbonyl (C=O) groups is 1. The molecule has 1 fully saturated rings. The van der Waals surface area contributed by atoms with E-state index in [2.05, 4.69) is 6.07 Å². The summed E-state index contributed by atoms with van der Waals surface area (Å²) < 4.78 is 5.68. The first-order valence-corrected chi connectivity index (χ1v) is 8.29. The summed E-state index contributed by atoms with van der Waals surface area (Å²) in [6, 6.07) is 6.04. The quantitative estimate of drug-likeness (QED) is 0.790. The lowest BCUT2D eigenvalue weighted by Gasteiger charge is -2.23. The molecule has 1 aromatic rings. The molecule has 1 atom stereocenters. The number of carbonyl (C=O) groups excluding carboxylic acids is 1. The van der Waals surface area contributed by atoms with Gasteiger partial charge in [-0.2, -0.15) is 0 Å². The van der Waals surface area contributed by atoms with Crippen molar-refractivity contribution in [3.8, 4) is 5.75 Å². The van der Waals surface area contributed by atoms with Crippen LogP contribution in [0.5, 0.6) is 5.75 Å². The molecule has 0 radical (unpaired) electrons. The molecule has 128 valence electrons. The Bertz CT molecular complexity index is 513. The molecule has 1 N–H and O–H groups in total. The summed E-state index contributed by atoms with van der Waals surface area (Å²) in [6.45, 7) is 7.24. The van der Waals surface area contributed by atoms with E-state index < -0.39 is 6.10 Å². The van der Waals surface area contributed by atoms with Gasteiger partial charge in [-0.25, -0.2) is 0 Å². The number of aliphatic hydroxyl groups is 1. The second-order valence-electron chi connectivity index (χ2n) is 6.53. The van der Waals surface area contributed by atoms with Gasteiger partial charge in [0, 0.05) is 32.6 Å². The molecule has 5 heteroatoms. The minimum Gasteiger partial charge on any atom is -0.491 e. The topological polar surface area (TPSA) is 53.0 Å². The number of hydrogen-bond acceptors (Lipinski definition) is 4. The zero-order valence-corrected chi connectivity index (χ0v) is 14.4. The van der Waals surface area contributed by atoms with Crippen molar-refractivity contribution in [2.24, 2.45) is 0 Å². The Morgan fingerprint density at radius 3 is 2.61 bits per heavy atom. The first kappa shape index (κ1) is 17.8. The van der Waals surface area contributed by atoms with Gasteiger partial charge in [-0.3, -0.25) is 4.79 Å². The first-order valence-electron chi connectivity index (χ1n) is 8.29. The van der Waals surface area contributed by atoms with E-state index in [1.165, 1.54) is 0 Å². The molecule has 1 amide bonds. The van der Waals surface area contributed by atoms with E-state index in [1.54, 1.807) is 0 Å². The van der Waals surface area contributed by atoms with Crippen LogP contribution in [-0.4, -0.2) is 66.8 Å². The predicted octanol–water partition coefficient (Wildman–Crippen LogP) is 1.60. The molecule has 1 unspecified atom stereocenters. The minimum atomic E-state index is -0.546. The lowest BCUT2D eigenvalue weighted by atomic mass is 10.1. The fourth-order valence-electron chi connectivity index (χ4n) is 2.94. The van der Waals surface area contributed by atoms with Crippen LogP contribution in [0.3, 0.4) is 0 Å². The fourth-order valence-corrected chi connectivity index (χ4v) is 2.94. The van der Waals surface area contributed by atoms with E-state index in [1.807, 2.05) is 42.8 Å². The van der Waals surface area contributed by atoms with Crippen LogP contribution in [-0.2, 0) is 4.79 Å².